The van der Waals surface area contributed by atoms with E-state index in [2.05, 4.69) is 69.2 Å². The summed E-state index contributed by atoms with van der Waals surface area (Å²) in [6.07, 6.45) is 6.47. The van der Waals surface area contributed by atoms with Gasteiger partial charge in [0, 0.05) is 24.2 Å². The molecule has 0 aliphatic heterocycles. The third-order valence-electron chi connectivity index (χ3n) is 7.49. The monoisotopic (exact) mass is 728 g/mol. The SMILES string of the molecule is C#Cc1cc(CCS(=O)(=O)NC)ccc1NCc1ccccc1.CNS(=O)(=O)CCc1ccc(NCc2ccccc2)c(C#C[Si](C)(C)C)c1. The molecule has 0 saturated heterocycles. The molecule has 0 saturated carbocycles. The minimum atomic E-state index is -3.22. The Morgan fingerprint density at radius 3 is 1.42 bits per heavy atom. The minimum Gasteiger partial charge on any atom is -0.380 e. The number of rotatable bonds is 14. The van der Waals surface area contributed by atoms with E-state index in [1.807, 2.05) is 84.9 Å². The molecule has 11 heteroatoms. The maximum Gasteiger partial charge on any atom is 0.211 e. The predicted octanol–water partition coefficient (Wildman–Crippen LogP) is 5.99. The molecule has 0 aromatic heterocycles. The largest absolute Gasteiger partial charge is 0.380 e. The highest BCUT2D eigenvalue weighted by Crippen LogP contribution is 2.20. The molecule has 0 radical (unpaired) electrons. The van der Waals surface area contributed by atoms with Crippen LogP contribution in [0.15, 0.2) is 97.1 Å². The third kappa shape index (κ3) is 14.6. The molecule has 0 amide bonds. The normalized spacial score (nSPS) is 11.3. The summed E-state index contributed by atoms with van der Waals surface area (Å²) in [6, 6.07) is 31.9. The third-order valence-corrected chi connectivity index (χ3v) is 11.1. The second-order valence-corrected chi connectivity index (χ2v) is 21.5. The van der Waals surface area contributed by atoms with Gasteiger partial charge in [0.2, 0.25) is 20.0 Å². The van der Waals surface area contributed by atoms with E-state index >= 15 is 0 Å². The van der Waals surface area contributed by atoms with E-state index < -0.39 is 28.1 Å². The van der Waals surface area contributed by atoms with Crippen LogP contribution in [-0.4, -0.2) is 50.5 Å². The van der Waals surface area contributed by atoms with Crippen LogP contribution in [0.1, 0.15) is 33.4 Å². The molecule has 0 atom stereocenters. The van der Waals surface area contributed by atoms with E-state index in [0.29, 0.717) is 19.4 Å². The summed E-state index contributed by atoms with van der Waals surface area (Å²) in [4.78, 5) is 0. The van der Waals surface area contributed by atoms with Crippen LogP contribution in [0.25, 0.3) is 0 Å². The lowest BCUT2D eigenvalue weighted by molar-refractivity contribution is 0.586. The zero-order valence-corrected chi connectivity index (χ0v) is 32.1. The minimum absolute atomic E-state index is 0.0459. The summed E-state index contributed by atoms with van der Waals surface area (Å²) in [6.45, 7) is 8.03. The van der Waals surface area contributed by atoms with Gasteiger partial charge in [-0.1, -0.05) is 104 Å². The quantitative estimate of drug-likeness (QED) is 0.0937. The van der Waals surface area contributed by atoms with Crippen molar-refractivity contribution in [2.24, 2.45) is 0 Å². The zero-order valence-electron chi connectivity index (χ0n) is 29.5. The van der Waals surface area contributed by atoms with Gasteiger partial charge in [-0.15, -0.1) is 12.0 Å². The summed E-state index contributed by atoms with van der Waals surface area (Å²) in [7, 11) is -5.09. The van der Waals surface area contributed by atoms with E-state index in [4.69, 9.17) is 6.42 Å². The van der Waals surface area contributed by atoms with Gasteiger partial charge >= 0.3 is 0 Å². The topological polar surface area (TPSA) is 116 Å². The first-order chi connectivity index (χ1) is 23.7. The molecule has 4 aromatic carbocycles. The van der Waals surface area contributed by atoms with Gasteiger partial charge < -0.3 is 10.6 Å². The van der Waals surface area contributed by atoms with Crippen molar-refractivity contribution in [3.63, 3.8) is 0 Å². The Morgan fingerprint density at radius 1 is 0.600 bits per heavy atom. The Bertz CT molecular complexity index is 2010. The van der Waals surface area contributed by atoms with Crippen molar-refractivity contribution in [3.8, 4) is 23.8 Å². The molecular weight excluding hydrogens is 681 g/mol. The summed E-state index contributed by atoms with van der Waals surface area (Å²) in [5.74, 6) is 6.10. The molecule has 0 bridgehead atoms. The van der Waals surface area contributed by atoms with Crippen LogP contribution in [0.2, 0.25) is 19.6 Å². The van der Waals surface area contributed by atoms with Crippen LogP contribution in [0.4, 0.5) is 11.4 Å². The summed E-state index contributed by atoms with van der Waals surface area (Å²) in [5, 5.41) is 6.78. The van der Waals surface area contributed by atoms with E-state index in [9.17, 15) is 16.8 Å². The number of benzene rings is 4. The highest BCUT2D eigenvalue weighted by atomic mass is 32.2. The molecule has 0 spiro atoms. The molecule has 0 aliphatic rings. The van der Waals surface area contributed by atoms with Gasteiger partial charge in [0.05, 0.1) is 22.9 Å². The molecule has 0 unspecified atom stereocenters. The molecule has 0 heterocycles. The molecule has 0 aliphatic carbocycles. The van der Waals surface area contributed by atoms with Gasteiger partial charge in [-0.05, 0) is 73.5 Å². The Balaban J connectivity index is 0.000000274. The first kappa shape index (κ1) is 40.1. The molecular formula is C39H48N4O4S2Si. The van der Waals surface area contributed by atoms with Gasteiger partial charge in [-0.3, -0.25) is 0 Å². The maximum atomic E-state index is 11.7. The van der Waals surface area contributed by atoms with Gasteiger partial charge in [0.25, 0.3) is 0 Å². The molecule has 4 N–H and O–H groups in total. The van der Waals surface area contributed by atoms with Crippen molar-refractivity contribution in [2.45, 2.75) is 45.6 Å². The van der Waals surface area contributed by atoms with E-state index in [1.54, 1.807) is 0 Å². The number of sulfonamides is 2. The number of terminal acetylenes is 1. The van der Waals surface area contributed by atoms with Crippen molar-refractivity contribution in [1.29, 1.82) is 0 Å². The molecule has 4 aromatic rings. The van der Waals surface area contributed by atoms with Crippen molar-refractivity contribution < 1.29 is 16.8 Å². The van der Waals surface area contributed by atoms with Crippen molar-refractivity contribution in [1.82, 2.24) is 9.44 Å². The fraction of sp³-hybridized carbons (Fsp3) is 0.282. The van der Waals surface area contributed by atoms with Gasteiger partial charge in [0.15, 0.2) is 0 Å². The average molecular weight is 729 g/mol. The fourth-order valence-electron chi connectivity index (χ4n) is 4.57. The van der Waals surface area contributed by atoms with Crippen molar-refractivity contribution in [2.75, 3.05) is 36.2 Å². The molecule has 50 heavy (non-hydrogen) atoms. The van der Waals surface area contributed by atoms with Crippen LogP contribution in [-0.2, 0) is 46.0 Å². The number of hydrogen-bond donors (Lipinski definition) is 4. The Hall–Kier alpha value is -4.36. The van der Waals surface area contributed by atoms with Crippen LogP contribution < -0.4 is 20.1 Å². The van der Waals surface area contributed by atoms with E-state index in [1.165, 1.54) is 25.2 Å². The molecule has 0 fully saturated rings. The second-order valence-electron chi connectivity index (χ2n) is 12.6. The zero-order chi connectivity index (χ0) is 36.6. The fourth-order valence-corrected chi connectivity index (χ4v) is 6.50. The lowest BCUT2D eigenvalue weighted by Crippen LogP contribution is -2.23. The van der Waals surface area contributed by atoms with E-state index in [-0.39, 0.29) is 11.5 Å². The second kappa shape index (κ2) is 19.1. The summed E-state index contributed by atoms with van der Waals surface area (Å²) >= 11 is 0. The molecule has 4 rings (SSSR count). The Morgan fingerprint density at radius 2 is 1.02 bits per heavy atom. The highest BCUT2D eigenvalue weighted by Gasteiger charge is 2.12. The maximum absolute atomic E-state index is 11.7. The molecule has 8 nitrogen and oxygen atoms in total. The summed E-state index contributed by atoms with van der Waals surface area (Å²) < 4.78 is 51.0. The first-order valence-corrected chi connectivity index (χ1v) is 23.2. The van der Waals surface area contributed by atoms with Crippen molar-refractivity contribution in [3.05, 3.63) is 130 Å². The van der Waals surface area contributed by atoms with Crippen LogP contribution in [0.5, 0.6) is 0 Å². The van der Waals surface area contributed by atoms with Gasteiger partial charge in [-0.2, -0.15) is 0 Å². The standard InChI is InChI=1S/C21H28N2O2SSi.C18H20N2O2S/c1-22-26(24,25)14-12-18-10-11-21(20(16-18)13-15-27(2,3)4)23-17-19-8-6-5-7-9-19;1-3-17-13-15(11-12-23(21,22)19-2)9-10-18(17)20-14-16-7-5-4-6-8-16/h5-11,16,22-23H,12,14,17H2,1-4H3;1,4-10,13,19-20H,11-12,14H2,2H3. The Labute approximate surface area is 300 Å². The first-order valence-electron chi connectivity index (χ1n) is 16.4. The van der Waals surface area contributed by atoms with Crippen LogP contribution in [0.3, 0.4) is 0 Å². The average Bonchev–Trinajstić information content (AvgIpc) is 3.12. The smallest absolute Gasteiger partial charge is 0.211 e. The number of anilines is 2. The van der Waals surface area contributed by atoms with Crippen LogP contribution in [0, 0.1) is 23.8 Å². The number of aryl methyl sites for hydroxylation is 2. The van der Waals surface area contributed by atoms with Crippen molar-refractivity contribution >= 4 is 39.5 Å². The van der Waals surface area contributed by atoms with Gasteiger partial charge in [-0.25, -0.2) is 26.3 Å². The lowest BCUT2D eigenvalue weighted by Gasteiger charge is -2.12. The lowest BCUT2D eigenvalue weighted by atomic mass is 10.1. The van der Waals surface area contributed by atoms with Gasteiger partial charge in [0.1, 0.15) is 8.07 Å². The number of nitrogens with one attached hydrogen (secondary N) is 4. The number of hydrogen-bond acceptors (Lipinski definition) is 6. The van der Waals surface area contributed by atoms with E-state index in [0.717, 1.165) is 40.2 Å². The Kier molecular flexibility index (Phi) is 15.3. The predicted molar refractivity (Wildman–Crippen MR) is 212 cm³/mol. The summed E-state index contributed by atoms with van der Waals surface area (Å²) in [5.41, 5.74) is 11.2. The van der Waals surface area contributed by atoms with Crippen LogP contribution >= 0.6 is 0 Å². The molecule has 264 valence electrons. The highest BCUT2D eigenvalue weighted by molar-refractivity contribution is 7.89.